The molecule has 2 nitrogen and oxygen atoms in total. The molecular weight excluding hydrogens is 329 g/mol. The summed E-state index contributed by atoms with van der Waals surface area (Å²) >= 11 is 0. The minimum absolute atomic E-state index is 0. The molecule has 0 amide bonds. The molecule has 0 spiro atoms. The molecule has 0 radical (unpaired) electrons. The van der Waals surface area contributed by atoms with Gasteiger partial charge >= 0.3 is 6.36 Å². The molecule has 2 rings (SSSR count). The third-order valence-corrected chi connectivity index (χ3v) is 2.78. The summed E-state index contributed by atoms with van der Waals surface area (Å²) in [6.07, 6.45) is -4.80. The minimum atomic E-state index is -4.80. The van der Waals surface area contributed by atoms with Crippen LogP contribution in [0.3, 0.4) is 0 Å². The number of halogens is 6. The Hall–Kier alpha value is -1.86. The Balaban J connectivity index is 0.00000242. The summed E-state index contributed by atoms with van der Waals surface area (Å²) in [6.45, 7) is 0. The average Bonchev–Trinajstić information content (AvgIpc) is 2.37. The highest BCUT2D eigenvalue weighted by Crippen LogP contribution is 2.28. The second-order valence-corrected chi connectivity index (χ2v) is 4.23. The molecule has 2 aromatic rings. The number of hydrogen-bond acceptors (Lipinski definition) is 2. The largest absolute Gasteiger partial charge is 0.573 e. The molecule has 1 atom stereocenters. The quantitative estimate of drug-likeness (QED) is 0.845. The fourth-order valence-electron chi connectivity index (χ4n) is 1.85. The lowest BCUT2D eigenvalue weighted by molar-refractivity contribution is -0.274. The molecule has 0 saturated heterocycles. The predicted octanol–water partition coefficient (Wildman–Crippen LogP) is 4.33. The summed E-state index contributed by atoms with van der Waals surface area (Å²) in [4.78, 5) is 0. The van der Waals surface area contributed by atoms with Gasteiger partial charge in [-0.05, 0) is 29.8 Å². The fraction of sp³-hybridized carbons (Fsp3) is 0.143. The van der Waals surface area contributed by atoms with Crippen LogP contribution in [0.5, 0.6) is 5.75 Å². The summed E-state index contributed by atoms with van der Waals surface area (Å²) in [5, 5.41) is 0. The van der Waals surface area contributed by atoms with Gasteiger partial charge < -0.3 is 10.5 Å². The monoisotopic (exact) mass is 339 g/mol. The van der Waals surface area contributed by atoms with Crippen molar-refractivity contribution in [1.29, 1.82) is 0 Å². The molecule has 0 heterocycles. The summed E-state index contributed by atoms with van der Waals surface area (Å²) in [5.41, 5.74) is 5.66. The number of alkyl halides is 3. The van der Waals surface area contributed by atoms with Crippen molar-refractivity contribution >= 4 is 12.4 Å². The lowest BCUT2D eigenvalue weighted by atomic mass is 9.98. The van der Waals surface area contributed by atoms with E-state index in [9.17, 15) is 22.0 Å². The van der Waals surface area contributed by atoms with Gasteiger partial charge in [-0.1, -0.05) is 18.2 Å². The zero-order valence-electron chi connectivity index (χ0n) is 10.9. The first-order valence-corrected chi connectivity index (χ1v) is 5.83. The normalized spacial score (nSPS) is 12.5. The highest BCUT2D eigenvalue weighted by molar-refractivity contribution is 5.85. The van der Waals surface area contributed by atoms with E-state index in [1.54, 1.807) is 0 Å². The number of hydrogen-bond donors (Lipinski definition) is 1. The van der Waals surface area contributed by atoms with Gasteiger partial charge in [-0.25, -0.2) is 8.78 Å². The Morgan fingerprint density at radius 3 is 1.86 bits per heavy atom. The highest BCUT2D eigenvalue weighted by Gasteiger charge is 2.31. The molecule has 0 aliphatic heterocycles. The predicted molar refractivity (Wildman–Crippen MR) is 72.8 cm³/mol. The van der Waals surface area contributed by atoms with E-state index < -0.39 is 29.8 Å². The van der Waals surface area contributed by atoms with E-state index in [1.165, 1.54) is 18.2 Å². The van der Waals surface area contributed by atoms with Gasteiger partial charge in [-0.2, -0.15) is 0 Å². The van der Waals surface area contributed by atoms with Crippen LogP contribution in [-0.4, -0.2) is 6.36 Å². The Morgan fingerprint density at radius 2 is 1.41 bits per heavy atom. The standard InChI is InChI=1S/C14H10F5NO.ClH/c15-10-2-1-3-11(16)12(10)13(20)8-4-6-9(7-5-8)21-14(17,18)19;/h1-7,13H,20H2;1H/t13-;/m1./s1. The van der Waals surface area contributed by atoms with Gasteiger partial charge in [-0.15, -0.1) is 25.6 Å². The van der Waals surface area contributed by atoms with Gasteiger partial charge in [0, 0.05) is 5.56 Å². The van der Waals surface area contributed by atoms with Crippen LogP contribution in [0.2, 0.25) is 0 Å². The van der Waals surface area contributed by atoms with Crippen LogP contribution in [0, 0.1) is 11.6 Å². The van der Waals surface area contributed by atoms with E-state index in [4.69, 9.17) is 5.73 Å². The van der Waals surface area contributed by atoms with E-state index in [0.29, 0.717) is 0 Å². The van der Waals surface area contributed by atoms with Crippen LogP contribution in [0.15, 0.2) is 42.5 Å². The molecule has 2 aromatic carbocycles. The Bertz CT molecular complexity index is 610. The van der Waals surface area contributed by atoms with Crippen LogP contribution in [-0.2, 0) is 0 Å². The molecule has 8 heteroatoms. The molecule has 0 fully saturated rings. The van der Waals surface area contributed by atoms with Crippen LogP contribution in [0.1, 0.15) is 17.2 Å². The lowest BCUT2D eigenvalue weighted by Gasteiger charge is -2.15. The van der Waals surface area contributed by atoms with E-state index in [2.05, 4.69) is 4.74 Å². The number of benzene rings is 2. The van der Waals surface area contributed by atoms with Crippen LogP contribution < -0.4 is 10.5 Å². The Labute approximate surface area is 129 Å². The second kappa shape index (κ2) is 6.93. The number of ether oxygens (including phenoxy) is 1. The zero-order valence-corrected chi connectivity index (χ0v) is 11.7. The van der Waals surface area contributed by atoms with Gasteiger partial charge in [0.15, 0.2) is 0 Å². The molecule has 0 aliphatic rings. The Kier molecular flexibility index (Phi) is 5.73. The van der Waals surface area contributed by atoms with Crippen molar-refractivity contribution in [2.45, 2.75) is 12.4 Å². The zero-order chi connectivity index (χ0) is 15.6. The maximum absolute atomic E-state index is 13.6. The van der Waals surface area contributed by atoms with Gasteiger partial charge in [-0.3, -0.25) is 0 Å². The molecule has 0 aromatic heterocycles. The van der Waals surface area contributed by atoms with E-state index in [-0.39, 0.29) is 23.5 Å². The van der Waals surface area contributed by atoms with Crippen LogP contribution >= 0.6 is 12.4 Å². The first-order chi connectivity index (χ1) is 9.78. The molecule has 0 unspecified atom stereocenters. The van der Waals surface area contributed by atoms with Crippen molar-refractivity contribution in [3.05, 3.63) is 65.2 Å². The van der Waals surface area contributed by atoms with Gasteiger partial charge in [0.05, 0.1) is 6.04 Å². The maximum atomic E-state index is 13.6. The van der Waals surface area contributed by atoms with Crippen LogP contribution in [0.25, 0.3) is 0 Å². The molecular formula is C14H11ClF5NO. The summed E-state index contributed by atoms with van der Waals surface area (Å²) in [7, 11) is 0. The summed E-state index contributed by atoms with van der Waals surface area (Å²) < 4.78 is 67.0. The highest BCUT2D eigenvalue weighted by atomic mass is 35.5. The van der Waals surface area contributed by atoms with Crippen molar-refractivity contribution in [1.82, 2.24) is 0 Å². The second-order valence-electron chi connectivity index (χ2n) is 4.23. The maximum Gasteiger partial charge on any atom is 0.573 e. The number of rotatable bonds is 3. The van der Waals surface area contributed by atoms with E-state index >= 15 is 0 Å². The smallest absolute Gasteiger partial charge is 0.406 e. The molecule has 2 N–H and O–H groups in total. The minimum Gasteiger partial charge on any atom is -0.406 e. The summed E-state index contributed by atoms with van der Waals surface area (Å²) in [5.74, 6) is -2.08. The first kappa shape index (κ1) is 18.2. The van der Waals surface area contributed by atoms with Crippen molar-refractivity contribution < 1.29 is 26.7 Å². The molecule has 120 valence electrons. The number of nitrogens with two attached hydrogens (primary N) is 1. The van der Waals surface area contributed by atoms with Crippen molar-refractivity contribution in [3.8, 4) is 5.75 Å². The van der Waals surface area contributed by atoms with Crippen molar-refractivity contribution in [3.63, 3.8) is 0 Å². The molecule has 22 heavy (non-hydrogen) atoms. The van der Waals surface area contributed by atoms with Gasteiger partial charge in [0.25, 0.3) is 0 Å². The third-order valence-electron chi connectivity index (χ3n) is 2.78. The summed E-state index contributed by atoms with van der Waals surface area (Å²) in [6, 6.07) is 6.67. The van der Waals surface area contributed by atoms with Crippen LogP contribution in [0.4, 0.5) is 22.0 Å². The Morgan fingerprint density at radius 1 is 0.909 bits per heavy atom. The topological polar surface area (TPSA) is 35.2 Å². The van der Waals surface area contributed by atoms with E-state index in [1.807, 2.05) is 0 Å². The molecule has 0 aliphatic carbocycles. The fourth-order valence-corrected chi connectivity index (χ4v) is 1.85. The third kappa shape index (κ3) is 4.32. The SMILES string of the molecule is Cl.N[C@H](c1ccc(OC(F)(F)F)cc1)c1c(F)cccc1F. The average molecular weight is 340 g/mol. The molecule has 0 bridgehead atoms. The van der Waals surface area contributed by atoms with Gasteiger partial charge in [0.2, 0.25) is 0 Å². The lowest BCUT2D eigenvalue weighted by Crippen LogP contribution is -2.18. The van der Waals surface area contributed by atoms with Crippen molar-refractivity contribution in [2.24, 2.45) is 5.73 Å². The van der Waals surface area contributed by atoms with Gasteiger partial charge in [0.1, 0.15) is 17.4 Å². The molecule has 0 saturated carbocycles. The van der Waals surface area contributed by atoms with Crippen molar-refractivity contribution in [2.75, 3.05) is 0 Å². The first-order valence-electron chi connectivity index (χ1n) is 5.83. The van der Waals surface area contributed by atoms with E-state index in [0.717, 1.165) is 24.3 Å².